The first-order valence-corrected chi connectivity index (χ1v) is 8.42. The van der Waals surface area contributed by atoms with E-state index in [1.54, 1.807) is 0 Å². The van der Waals surface area contributed by atoms with E-state index in [9.17, 15) is 0 Å². The summed E-state index contributed by atoms with van der Waals surface area (Å²) in [5, 5.41) is 7.63. The second kappa shape index (κ2) is 9.60. The van der Waals surface area contributed by atoms with Crippen LogP contribution in [0.25, 0.3) is 6.08 Å². The van der Waals surface area contributed by atoms with Gasteiger partial charge in [0, 0.05) is 45.5 Å². The number of benzene rings is 1. The van der Waals surface area contributed by atoms with Crippen molar-refractivity contribution in [3.05, 3.63) is 59.4 Å². The Morgan fingerprint density at radius 1 is 1.24 bits per heavy atom. The van der Waals surface area contributed by atoms with Gasteiger partial charge in [0.2, 0.25) is 0 Å². The van der Waals surface area contributed by atoms with Crippen LogP contribution in [0.4, 0.5) is 0 Å². The highest BCUT2D eigenvalue weighted by atomic mass is 127. The highest BCUT2D eigenvalue weighted by Gasteiger charge is 2.17. The van der Waals surface area contributed by atoms with E-state index in [0.717, 1.165) is 38.4 Å². The van der Waals surface area contributed by atoms with Gasteiger partial charge in [-0.3, -0.25) is 9.67 Å². The molecule has 1 aliphatic heterocycles. The van der Waals surface area contributed by atoms with Gasteiger partial charge in [-0.2, -0.15) is 5.10 Å². The molecule has 1 saturated heterocycles. The first-order valence-electron chi connectivity index (χ1n) is 8.42. The lowest BCUT2D eigenvalue weighted by atomic mass is 10.0. The van der Waals surface area contributed by atoms with Crippen LogP contribution in [-0.2, 0) is 13.6 Å². The molecule has 134 valence electrons. The van der Waals surface area contributed by atoms with Gasteiger partial charge >= 0.3 is 0 Å². The van der Waals surface area contributed by atoms with E-state index in [2.05, 4.69) is 56.7 Å². The zero-order valence-electron chi connectivity index (χ0n) is 14.9. The SMILES string of the molecule is CN=C(NCc1cnn(C)c1)N1CCC(=Cc2ccccc2)CC1.I. The van der Waals surface area contributed by atoms with Gasteiger partial charge in [0.25, 0.3) is 0 Å². The van der Waals surface area contributed by atoms with Crippen molar-refractivity contribution in [2.45, 2.75) is 19.4 Å². The summed E-state index contributed by atoms with van der Waals surface area (Å²) in [6, 6.07) is 10.6. The molecule has 0 aliphatic carbocycles. The highest BCUT2D eigenvalue weighted by molar-refractivity contribution is 14.0. The van der Waals surface area contributed by atoms with Gasteiger partial charge in [0.1, 0.15) is 0 Å². The van der Waals surface area contributed by atoms with E-state index in [0.29, 0.717) is 0 Å². The zero-order valence-corrected chi connectivity index (χ0v) is 17.2. The normalized spacial score (nSPS) is 14.9. The molecular formula is C19H26IN5. The van der Waals surface area contributed by atoms with Gasteiger partial charge in [-0.25, -0.2) is 0 Å². The number of aliphatic imine (C=N–C) groups is 1. The van der Waals surface area contributed by atoms with Crippen molar-refractivity contribution in [1.82, 2.24) is 20.0 Å². The summed E-state index contributed by atoms with van der Waals surface area (Å²) in [4.78, 5) is 6.76. The average molecular weight is 451 g/mol. The lowest BCUT2D eigenvalue weighted by Crippen LogP contribution is -2.44. The Morgan fingerprint density at radius 3 is 2.56 bits per heavy atom. The van der Waals surface area contributed by atoms with E-state index >= 15 is 0 Å². The molecular weight excluding hydrogens is 425 g/mol. The third-order valence-electron chi connectivity index (χ3n) is 4.30. The number of hydrogen-bond acceptors (Lipinski definition) is 2. The number of nitrogens with zero attached hydrogens (tertiary/aromatic N) is 4. The first-order chi connectivity index (χ1) is 11.7. The van der Waals surface area contributed by atoms with Crippen molar-refractivity contribution in [1.29, 1.82) is 0 Å². The van der Waals surface area contributed by atoms with Gasteiger partial charge in [-0.15, -0.1) is 24.0 Å². The molecule has 0 radical (unpaired) electrons. The summed E-state index contributed by atoms with van der Waals surface area (Å²) in [5.41, 5.74) is 3.97. The van der Waals surface area contributed by atoms with Crippen molar-refractivity contribution in [2.24, 2.45) is 12.0 Å². The Hall–Kier alpha value is -1.83. The fraction of sp³-hybridized carbons (Fsp3) is 0.368. The molecule has 0 saturated carbocycles. The number of aromatic nitrogens is 2. The minimum atomic E-state index is 0. The molecule has 0 bridgehead atoms. The molecule has 2 heterocycles. The maximum atomic E-state index is 4.43. The third-order valence-corrected chi connectivity index (χ3v) is 4.30. The van der Waals surface area contributed by atoms with Crippen molar-refractivity contribution in [3.63, 3.8) is 0 Å². The van der Waals surface area contributed by atoms with Crippen LogP contribution < -0.4 is 5.32 Å². The van der Waals surface area contributed by atoms with Crippen LogP contribution in [0.2, 0.25) is 0 Å². The maximum absolute atomic E-state index is 4.43. The average Bonchev–Trinajstić information content (AvgIpc) is 3.03. The minimum absolute atomic E-state index is 0. The molecule has 1 N–H and O–H groups in total. The van der Waals surface area contributed by atoms with Crippen LogP contribution in [0, 0.1) is 0 Å². The second-order valence-electron chi connectivity index (χ2n) is 6.12. The quantitative estimate of drug-likeness (QED) is 0.443. The summed E-state index contributed by atoms with van der Waals surface area (Å²) in [6.07, 6.45) is 8.41. The number of piperidine rings is 1. The predicted octanol–water partition coefficient (Wildman–Crippen LogP) is 3.29. The van der Waals surface area contributed by atoms with Gasteiger partial charge < -0.3 is 10.2 Å². The largest absolute Gasteiger partial charge is 0.352 e. The van der Waals surface area contributed by atoms with Crippen molar-refractivity contribution in [2.75, 3.05) is 20.1 Å². The van der Waals surface area contributed by atoms with Crippen molar-refractivity contribution < 1.29 is 0 Å². The molecule has 2 aromatic rings. The van der Waals surface area contributed by atoms with Crippen LogP contribution in [-0.4, -0.2) is 40.8 Å². The van der Waals surface area contributed by atoms with Gasteiger partial charge in [-0.1, -0.05) is 42.0 Å². The molecule has 0 atom stereocenters. The molecule has 0 amide bonds. The first kappa shape index (κ1) is 19.5. The zero-order chi connectivity index (χ0) is 16.8. The van der Waals surface area contributed by atoms with Crippen LogP contribution in [0.15, 0.2) is 53.3 Å². The summed E-state index contributed by atoms with van der Waals surface area (Å²) in [7, 11) is 3.78. The van der Waals surface area contributed by atoms with Gasteiger partial charge in [-0.05, 0) is 18.4 Å². The van der Waals surface area contributed by atoms with Crippen molar-refractivity contribution >= 4 is 36.0 Å². The monoisotopic (exact) mass is 451 g/mol. The molecule has 1 fully saturated rings. The van der Waals surface area contributed by atoms with Crippen LogP contribution >= 0.6 is 24.0 Å². The highest BCUT2D eigenvalue weighted by Crippen LogP contribution is 2.19. The van der Waals surface area contributed by atoms with Crippen LogP contribution in [0.1, 0.15) is 24.0 Å². The number of likely N-dealkylation sites (tertiary alicyclic amines) is 1. The third kappa shape index (κ3) is 5.59. The lowest BCUT2D eigenvalue weighted by molar-refractivity contribution is 0.375. The Labute approximate surface area is 166 Å². The van der Waals surface area contributed by atoms with Crippen LogP contribution in [0.3, 0.4) is 0 Å². The topological polar surface area (TPSA) is 45.5 Å². The molecule has 25 heavy (non-hydrogen) atoms. The molecule has 5 nitrogen and oxygen atoms in total. The Balaban J connectivity index is 0.00000225. The molecule has 0 unspecified atom stereocenters. The number of hydrogen-bond donors (Lipinski definition) is 1. The lowest BCUT2D eigenvalue weighted by Gasteiger charge is -2.31. The fourth-order valence-electron chi connectivity index (χ4n) is 3.01. The molecule has 1 aliphatic rings. The molecule has 1 aromatic carbocycles. The Bertz CT molecular complexity index is 710. The van der Waals surface area contributed by atoms with Gasteiger partial charge in [0.05, 0.1) is 6.20 Å². The number of halogens is 1. The van der Waals surface area contributed by atoms with Gasteiger partial charge in [0.15, 0.2) is 5.96 Å². The Morgan fingerprint density at radius 2 is 1.96 bits per heavy atom. The molecule has 6 heteroatoms. The second-order valence-corrected chi connectivity index (χ2v) is 6.12. The van der Waals surface area contributed by atoms with E-state index in [-0.39, 0.29) is 24.0 Å². The number of rotatable bonds is 3. The summed E-state index contributed by atoms with van der Waals surface area (Å²) in [5.74, 6) is 0.970. The molecule has 1 aromatic heterocycles. The van der Waals surface area contributed by atoms with Crippen molar-refractivity contribution in [3.8, 4) is 0 Å². The fourth-order valence-corrected chi connectivity index (χ4v) is 3.01. The van der Waals surface area contributed by atoms with E-state index in [1.807, 2.05) is 31.2 Å². The Kier molecular flexibility index (Phi) is 7.49. The maximum Gasteiger partial charge on any atom is 0.193 e. The van der Waals surface area contributed by atoms with Crippen LogP contribution in [0.5, 0.6) is 0 Å². The standard InChI is InChI=1S/C19H25N5.HI/c1-20-19(21-13-18-14-22-23(2)15-18)24-10-8-17(9-11-24)12-16-6-4-3-5-7-16;/h3-7,12,14-15H,8-11,13H2,1-2H3,(H,20,21);1H. The summed E-state index contributed by atoms with van der Waals surface area (Å²) < 4.78 is 1.82. The summed E-state index contributed by atoms with van der Waals surface area (Å²) >= 11 is 0. The summed E-state index contributed by atoms with van der Waals surface area (Å²) in [6.45, 7) is 2.76. The van der Waals surface area contributed by atoms with E-state index in [4.69, 9.17) is 0 Å². The van der Waals surface area contributed by atoms with E-state index in [1.165, 1.54) is 16.7 Å². The molecule has 3 rings (SSSR count). The number of aryl methyl sites for hydroxylation is 1. The van der Waals surface area contributed by atoms with E-state index < -0.39 is 0 Å². The molecule has 0 spiro atoms. The number of guanidine groups is 1. The predicted molar refractivity (Wildman–Crippen MR) is 114 cm³/mol. The smallest absolute Gasteiger partial charge is 0.193 e. The number of nitrogens with one attached hydrogen (secondary N) is 1. The minimum Gasteiger partial charge on any atom is -0.352 e.